The van der Waals surface area contributed by atoms with Crippen LogP contribution in [0.25, 0.3) is 0 Å². The monoisotopic (exact) mass is 609 g/mol. The Morgan fingerprint density at radius 2 is 1.77 bits per heavy atom. The lowest BCUT2D eigenvalue weighted by molar-refractivity contribution is -0.145. The Hall–Kier alpha value is -3.39. The predicted molar refractivity (Wildman–Crippen MR) is 176 cm³/mol. The second-order valence-electron chi connectivity index (χ2n) is 12.0. The van der Waals surface area contributed by atoms with Gasteiger partial charge in [-0.15, -0.1) is 0 Å². The maximum atomic E-state index is 12.2. The molecule has 1 fully saturated rings. The first kappa shape index (κ1) is 36.8. The van der Waals surface area contributed by atoms with Crippen molar-refractivity contribution in [3.8, 4) is 5.75 Å². The zero-order chi connectivity index (χ0) is 32.5. The van der Waals surface area contributed by atoms with Crippen LogP contribution in [0, 0.1) is 18.8 Å². The van der Waals surface area contributed by atoms with E-state index >= 15 is 0 Å². The van der Waals surface area contributed by atoms with Crippen LogP contribution in [0.2, 0.25) is 0 Å². The van der Waals surface area contributed by atoms with E-state index in [2.05, 4.69) is 54.8 Å². The van der Waals surface area contributed by atoms with Gasteiger partial charge in [0.05, 0.1) is 12.2 Å². The van der Waals surface area contributed by atoms with Gasteiger partial charge >= 0.3 is 0 Å². The van der Waals surface area contributed by atoms with Crippen molar-refractivity contribution in [2.24, 2.45) is 11.8 Å². The molecule has 44 heavy (non-hydrogen) atoms. The lowest BCUT2D eigenvalue weighted by Gasteiger charge is -2.31. The number of benzene rings is 2. The summed E-state index contributed by atoms with van der Waals surface area (Å²) >= 11 is 0. The maximum Gasteiger partial charge on any atom is 0.245 e. The molecule has 4 unspecified atom stereocenters. The SMILES string of the molecule is CCCC1CCc2cccc(CCCNC=O)c2O1.CCNC(=O)C(C(C)O)N(C)C(=O)C(C)C1CC1.Cc1ccccc1. The molecule has 0 aromatic heterocycles. The van der Waals surface area contributed by atoms with E-state index in [-0.39, 0.29) is 17.7 Å². The highest BCUT2D eigenvalue weighted by Gasteiger charge is 2.38. The molecule has 3 N–H and O–H groups in total. The van der Waals surface area contributed by atoms with Crippen molar-refractivity contribution in [1.82, 2.24) is 15.5 Å². The Balaban J connectivity index is 0.000000252. The van der Waals surface area contributed by atoms with Crippen molar-refractivity contribution in [2.45, 2.75) is 104 Å². The third-order valence-electron chi connectivity index (χ3n) is 8.16. The molecule has 1 aliphatic heterocycles. The summed E-state index contributed by atoms with van der Waals surface area (Å²) in [4.78, 5) is 35.7. The molecule has 2 aliphatic rings. The number of nitrogens with zero attached hydrogens (tertiary/aromatic N) is 1. The minimum absolute atomic E-state index is 0.0605. The topological polar surface area (TPSA) is 108 Å². The van der Waals surface area contributed by atoms with Crippen LogP contribution in [0.3, 0.4) is 0 Å². The zero-order valence-electron chi connectivity index (χ0n) is 27.7. The van der Waals surface area contributed by atoms with Gasteiger partial charge in [0, 0.05) is 26.1 Å². The van der Waals surface area contributed by atoms with E-state index in [9.17, 15) is 19.5 Å². The van der Waals surface area contributed by atoms with Gasteiger partial charge in [-0.25, -0.2) is 0 Å². The van der Waals surface area contributed by atoms with E-state index in [4.69, 9.17) is 4.74 Å². The average molecular weight is 610 g/mol. The smallest absolute Gasteiger partial charge is 0.245 e. The number of aryl methyl sites for hydroxylation is 3. The molecule has 244 valence electrons. The summed E-state index contributed by atoms with van der Waals surface area (Å²) in [7, 11) is 1.59. The van der Waals surface area contributed by atoms with Gasteiger partial charge in [-0.05, 0) is 82.8 Å². The molecule has 1 saturated carbocycles. The summed E-state index contributed by atoms with van der Waals surface area (Å²) in [6, 6.07) is 15.9. The van der Waals surface area contributed by atoms with Gasteiger partial charge in [0.25, 0.3) is 0 Å². The highest BCUT2D eigenvalue weighted by molar-refractivity contribution is 5.89. The Morgan fingerprint density at radius 1 is 1.07 bits per heavy atom. The number of rotatable bonds is 13. The Kier molecular flexibility index (Phi) is 16.6. The number of aliphatic hydroxyl groups excluding tert-OH is 1. The van der Waals surface area contributed by atoms with Crippen LogP contribution in [0.15, 0.2) is 48.5 Å². The van der Waals surface area contributed by atoms with Crippen LogP contribution in [0.4, 0.5) is 0 Å². The van der Waals surface area contributed by atoms with Gasteiger partial charge in [-0.1, -0.05) is 74.4 Å². The molecule has 4 rings (SSSR count). The van der Waals surface area contributed by atoms with Crippen LogP contribution in [0.1, 0.15) is 82.9 Å². The van der Waals surface area contributed by atoms with Gasteiger partial charge < -0.3 is 25.4 Å². The first-order valence-electron chi connectivity index (χ1n) is 16.3. The first-order valence-corrected chi connectivity index (χ1v) is 16.3. The second-order valence-corrected chi connectivity index (χ2v) is 12.0. The molecule has 4 atom stereocenters. The number of aliphatic hydroxyl groups is 1. The summed E-state index contributed by atoms with van der Waals surface area (Å²) in [5, 5.41) is 15.1. The molecule has 3 amide bonds. The summed E-state index contributed by atoms with van der Waals surface area (Å²) in [5.74, 6) is 1.13. The number of ether oxygens (including phenoxy) is 1. The molecule has 2 aromatic carbocycles. The van der Waals surface area contributed by atoms with Gasteiger partial charge in [0.2, 0.25) is 18.2 Å². The first-order chi connectivity index (χ1) is 21.1. The van der Waals surface area contributed by atoms with E-state index in [0.29, 0.717) is 18.6 Å². The summed E-state index contributed by atoms with van der Waals surface area (Å²) < 4.78 is 6.17. The molecule has 0 saturated heterocycles. The number of para-hydroxylation sites is 1. The quantitative estimate of drug-likeness (QED) is 0.213. The van der Waals surface area contributed by atoms with E-state index < -0.39 is 12.1 Å². The van der Waals surface area contributed by atoms with Crippen LogP contribution >= 0.6 is 0 Å². The maximum absolute atomic E-state index is 12.2. The van der Waals surface area contributed by atoms with Crippen molar-refractivity contribution in [1.29, 1.82) is 0 Å². The normalized spacial score (nSPS) is 17.0. The van der Waals surface area contributed by atoms with E-state index in [1.807, 2.05) is 32.0 Å². The molecule has 8 nitrogen and oxygen atoms in total. The van der Waals surface area contributed by atoms with Gasteiger partial charge in [-0.3, -0.25) is 14.4 Å². The molecule has 0 spiro atoms. The highest BCUT2D eigenvalue weighted by atomic mass is 16.5. The zero-order valence-corrected chi connectivity index (χ0v) is 27.7. The van der Waals surface area contributed by atoms with E-state index in [0.717, 1.165) is 63.7 Å². The molecule has 1 aliphatic carbocycles. The minimum Gasteiger partial charge on any atom is -0.490 e. The third kappa shape index (κ3) is 12.3. The molecule has 0 radical (unpaired) electrons. The van der Waals surface area contributed by atoms with Crippen molar-refractivity contribution in [3.05, 3.63) is 65.2 Å². The van der Waals surface area contributed by atoms with Gasteiger partial charge in [-0.2, -0.15) is 0 Å². The number of carbonyl (C=O) groups is 3. The van der Waals surface area contributed by atoms with Crippen LogP contribution in [-0.2, 0) is 27.2 Å². The Bertz CT molecular complexity index is 1140. The molecular formula is C36H55N3O5. The Labute approximate surface area is 264 Å². The number of fused-ring (bicyclic) bond motifs is 1. The molecule has 8 heteroatoms. The van der Waals surface area contributed by atoms with E-state index in [1.165, 1.54) is 34.9 Å². The fraction of sp³-hybridized carbons (Fsp3) is 0.583. The number of carbonyl (C=O) groups excluding carboxylic acids is 3. The van der Waals surface area contributed by atoms with Gasteiger partial charge in [0.1, 0.15) is 11.8 Å². The number of hydrogen-bond acceptors (Lipinski definition) is 5. The van der Waals surface area contributed by atoms with Crippen LogP contribution < -0.4 is 15.4 Å². The molecule has 2 aromatic rings. The standard InChI is InChI=1S/C16H23NO2.C13H24N2O3.C7H8/c1-2-5-15-10-9-14-7-3-6-13(16(14)19-15)8-4-11-17-12-18;1-5-14-12(17)11(9(3)16)15(4)13(18)8(2)10-6-7-10;1-7-5-3-2-4-6-7/h3,6-7,12,15H,2,4-5,8-11H2,1H3,(H,17,18);8-11,16H,5-7H2,1-4H3,(H,14,17);2-6H,1H3. The lowest BCUT2D eigenvalue weighted by Crippen LogP contribution is -2.54. The number of nitrogens with one attached hydrogen (secondary N) is 2. The average Bonchev–Trinajstić information content (AvgIpc) is 3.86. The Morgan fingerprint density at radius 3 is 2.32 bits per heavy atom. The number of amides is 3. The molecule has 1 heterocycles. The third-order valence-corrected chi connectivity index (χ3v) is 8.16. The van der Waals surface area contributed by atoms with Crippen LogP contribution in [0.5, 0.6) is 5.75 Å². The molecular weight excluding hydrogens is 554 g/mol. The molecule has 0 bridgehead atoms. The predicted octanol–water partition coefficient (Wildman–Crippen LogP) is 5.23. The number of likely N-dealkylation sites (N-methyl/N-ethyl adjacent to an activating group) is 2. The lowest BCUT2D eigenvalue weighted by atomic mass is 9.96. The number of hydrogen-bond donors (Lipinski definition) is 3. The minimum atomic E-state index is -0.878. The fourth-order valence-electron chi connectivity index (χ4n) is 5.48. The highest BCUT2D eigenvalue weighted by Crippen LogP contribution is 2.37. The van der Waals surface area contributed by atoms with Crippen molar-refractivity contribution < 1.29 is 24.2 Å². The second kappa shape index (κ2) is 19.8. The largest absolute Gasteiger partial charge is 0.490 e. The summed E-state index contributed by atoms with van der Waals surface area (Å²) in [6.07, 6.45) is 8.92. The van der Waals surface area contributed by atoms with Crippen molar-refractivity contribution in [2.75, 3.05) is 20.1 Å². The fourth-order valence-corrected chi connectivity index (χ4v) is 5.48. The van der Waals surface area contributed by atoms with Crippen molar-refractivity contribution >= 4 is 18.2 Å². The van der Waals surface area contributed by atoms with Crippen molar-refractivity contribution in [3.63, 3.8) is 0 Å². The van der Waals surface area contributed by atoms with Gasteiger partial charge in [0.15, 0.2) is 0 Å². The summed E-state index contributed by atoms with van der Waals surface area (Å²) in [6.45, 7) is 10.7. The summed E-state index contributed by atoms with van der Waals surface area (Å²) in [5.41, 5.74) is 3.95. The van der Waals surface area contributed by atoms with Crippen LogP contribution in [-0.4, -0.2) is 66.6 Å². The van der Waals surface area contributed by atoms with E-state index in [1.54, 1.807) is 7.05 Å².